The molecule has 4 atom stereocenters. The molecule has 2 aliphatic heterocycles. The number of fused-ring (bicyclic) bond motifs is 2. The van der Waals surface area contributed by atoms with Crippen LogP contribution in [0.15, 0.2) is 0 Å². The van der Waals surface area contributed by atoms with E-state index in [4.69, 9.17) is 9.16 Å². The van der Waals surface area contributed by atoms with Gasteiger partial charge in [0, 0.05) is 12.3 Å². The van der Waals surface area contributed by atoms with Crippen molar-refractivity contribution in [1.82, 2.24) is 0 Å². The molecule has 0 spiro atoms. The van der Waals surface area contributed by atoms with Crippen molar-refractivity contribution in [2.75, 3.05) is 6.61 Å². The molecule has 0 unspecified atom stereocenters. The molecule has 0 aromatic rings. The van der Waals surface area contributed by atoms with Gasteiger partial charge in [-0.3, -0.25) is 4.79 Å². The van der Waals surface area contributed by atoms with Gasteiger partial charge in [0.05, 0.1) is 18.8 Å². The molecule has 5 heteroatoms. The Kier molecular flexibility index (Phi) is 3.50. The van der Waals surface area contributed by atoms with E-state index in [9.17, 15) is 9.90 Å². The topological polar surface area (TPSA) is 55.8 Å². The summed E-state index contributed by atoms with van der Waals surface area (Å²) >= 11 is 0. The van der Waals surface area contributed by atoms with Gasteiger partial charge in [-0.25, -0.2) is 0 Å². The summed E-state index contributed by atoms with van der Waals surface area (Å²) in [6.07, 6.45) is 0.349. The molecule has 2 rings (SSSR count). The summed E-state index contributed by atoms with van der Waals surface area (Å²) in [4.78, 5) is 12.3. The number of aliphatic hydroxyl groups excluding tert-OH is 1. The van der Waals surface area contributed by atoms with Crippen LogP contribution in [0.25, 0.3) is 0 Å². The number of carbonyl (C=O) groups is 1. The van der Waals surface area contributed by atoms with Gasteiger partial charge < -0.3 is 14.3 Å². The Morgan fingerprint density at radius 2 is 2.05 bits per heavy atom. The molecule has 4 nitrogen and oxygen atoms in total. The van der Waals surface area contributed by atoms with Crippen LogP contribution in [0.1, 0.15) is 34.1 Å². The van der Waals surface area contributed by atoms with Crippen LogP contribution in [0.5, 0.6) is 0 Å². The largest absolute Gasteiger partial charge is 0.410 e. The van der Waals surface area contributed by atoms with Gasteiger partial charge in [0.2, 0.25) is 0 Å². The maximum absolute atomic E-state index is 12.3. The first-order valence-corrected chi connectivity index (χ1v) is 9.97. The average molecular weight is 286 g/mol. The molecule has 0 radical (unpaired) electrons. The predicted molar refractivity (Wildman–Crippen MR) is 75.5 cm³/mol. The molecule has 0 saturated carbocycles. The Bertz CT molecular complexity index is 387. The number of ketones is 1. The predicted octanol–water partition coefficient (Wildman–Crippen LogP) is 2.12. The summed E-state index contributed by atoms with van der Waals surface area (Å²) in [6.45, 7) is 12.4. The number of hydrogen-bond donors (Lipinski definition) is 1. The molecule has 2 aliphatic rings. The summed E-state index contributed by atoms with van der Waals surface area (Å²) < 4.78 is 12.1. The Morgan fingerprint density at radius 3 is 2.47 bits per heavy atom. The van der Waals surface area contributed by atoms with Gasteiger partial charge >= 0.3 is 0 Å². The molecule has 0 aromatic carbocycles. The highest BCUT2D eigenvalue weighted by atomic mass is 28.4. The van der Waals surface area contributed by atoms with Crippen molar-refractivity contribution in [3.8, 4) is 0 Å². The third-order valence-electron chi connectivity index (χ3n) is 5.19. The maximum atomic E-state index is 12.3. The maximum Gasteiger partial charge on any atom is 0.192 e. The van der Waals surface area contributed by atoms with E-state index in [0.717, 1.165) is 6.42 Å². The number of rotatable bonds is 3. The van der Waals surface area contributed by atoms with E-state index in [0.29, 0.717) is 0 Å². The Labute approximate surface area is 116 Å². The average Bonchev–Trinajstić information content (AvgIpc) is 2.74. The van der Waals surface area contributed by atoms with Gasteiger partial charge in [0.15, 0.2) is 19.7 Å². The van der Waals surface area contributed by atoms with Gasteiger partial charge in [0.1, 0.15) is 0 Å². The van der Waals surface area contributed by atoms with E-state index in [1.807, 2.05) is 6.92 Å². The third-order valence-corrected chi connectivity index (χ3v) is 9.68. The zero-order valence-corrected chi connectivity index (χ0v) is 13.8. The Hall–Kier alpha value is -0.233. The van der Waals surface area contributed by atoms with Gasteiger partial charge in [-0.1, -0.05) is 27.7 Å². The van der Waals surface area contributed by atoms with Crippen molar-refractivity contribution >= 4 is 14.1 Å². The SMILES string of the molecule is C[C@H]1C(=O)[C@@]2(CO)O[C@H]1C[C@@H]2O[Si](C)(C)C(C)(C)C. The van der Waals surface area contributed by atoms with Gasteiger partial charge in [0.25, 0.3) is 0 Å². The fraction of sp³-hybridized carbons (Fsp3) is 0.929. The molecule has 2 fully saturated rings. The van der Waals surface area contributed by atoms with Crippen LogP contribution in [0.3, 0.4) is 0 Å². The molecule has 0 amide bonds. The monoisotopic (exact) mass is 286 g/mol. The van der Waals surface area contributed by atoms with Crippen molar-refractivity contribution in [1.29, 1.82) is 0 Å². The third kappa shape index (κ3) is 2.11. The summed E-state index contributed by atoms with van der Waals surface area (Å²) in [5.74, 6) is -0.110. The fourth-order valence-corrected chi connectivity index (χ4v) is 4.12. The molecule has 0 aromatic heterocycles. The number of carbonyl (C=O) groups excluding carboxylic acids is 1. The van der Waals surface area contributed by atoms with Gasteiger partial charge in [-0.15, -0.1) is 0 Å². The van der Waals surface area contributed by atoms with Crippen LogP contribution < -0.4 is 0 Å². The lowest BCUT2D eigenvalue weighted by atomic mass is 9.79. The lowest BCUT2D eigenvalue weighted by Gasteiger charge is -2.42. The van der Waals surface area contributed by atoms with E-state index in [1.165, 1.54) is 0 Å². The molecule has 2 heterocycles. The Balaban J connectivity index is 2.22. The summed E-state index contributed by atoms with van der Waals surface area (Å²) in [5, 5.41) is 9.77. The minimum absolute atomic E-state index is 0.00922. The van der Waals surface area contributed by atoms with E-state index < -0.39 is 13.9 Å². The van der Waals surface area contributed by atoms with Crippen LogP contribution in [-0.4, -0.2) is 43.6 Å². The number of ether oxygens (including phenoxy) is 1. The number of aliphatic hydroxyl groups is 1. The van der Waals surface area contributed by atoms with E-state index >= 15 is 0 Å². The fourth-order valence-electron chi connectivity index (χ4n) is 2.77. The molecule has 110 valence electrons. The summed E-state index contributed by atoms with van der Waals surface area (Å²) in [7, 11) is -1.97. The van der Waals surface area contributed by atoms with Crippen LogP contribution in [-0.2, 0) is 14.0 Å². The minimum Gasteiger partial charge on any atom is -0.410 e. The zero-order chi connectivity index (χ0) is 14.6. The van der Waals surface area contributed by atoms with Crippen LogP contribution >= 0.6 is 0 Å². The van der Waals surface area contributed by atoms with E-state index in [-0.39, 0.29) is 35.6 Å². The highest BCUT2D eigenvalue weighted by Crippen LogP contribution is 2.48. The normalized spacial score (nSPS) is 39.1. The van der Waals surface area contributed by atoms with Crippen LogP contribution in [0.2, 0.25) is 18.1 Å². The van der Waals surface area contributed by atoms with Crippen LogP contribution in [0.4, 0.5) is 0 Å². The van der Waals surface area contributed by atoms with Crippen molar-refractivity contribution in [2.45, 2.75) is 70.1 Å². The highest BCUT2D eigenvalue weighted by Gasteiger charge is 2.64. The van der Waals surface area contributed by atoms with E-state index in [2.05, 4.69) is 33.9 Å². The second kappa shape index (κ2) is 4.38. The Morgan fingerprint density at radius 1 is 1.47 bits per heavy atom. The lowest BCUT2D eigenvalue weighted by molar-refractivity contribution is -0.143. The number of hydrogen-bond acceptors (Lipinski definition) is 4. The zero-order valence-electron chi connectivity index (χ0n) is 12.8. The quantitative estimate of drug-likeness (QED) is 0.807. The molecule has 0 aliphatic carbocycles. The summed E-state index contributed by atoms with van der Waals surface area (Å²) in [6, 6.07) is 0. The molecule has 19 heavy (non-hydrogen) atoms. The molecular formula is C14H26O4Si. The lowest BCUT2D eigenvalue weighted by Crippen LogP contribution is -2.57. The second-order valence-corrected chi connectivity index (χ2v) is 12.2. The molecule has 2 saturated heterocycles. The van der Waals surface area contributed by atoms with Gasteiger partial charge in [-0.05, 0) is 18.1 Å². The molecule has 2 bridgehead atoms. The highest BCUT2D eigenvalue weighted by molar-refractivity contribution is 6.74. The summed E-state index contributed by atoms with van der Waals surface area (Å²) in [5.41, 5.74) is -1.10. The standard InChI is InChI=1S/C14H26O4Si/c1-9-10-7-11(14(8-15,17-10)12(9)16)18-19(5,6)13(2,3)4/h9-11,15H,7-8H2,1-6H3/t9-,10+,11+,14+/m1/s1. The van der Waals surface area contributed by atoms with Crippen molar-refractivity contribution in [2.24, 2.45) is 5.92 Å². The van der Waals surface area contributed by atoms with Crippen LogP contribution in [0, 0.1) is 5.92 Å². The first kappa shape index (κ1) is 15.2. The second-order valence-electron chi connectivity index (χ2n) is 7.46. The van der Waals surface area contributed by atoms with Crippen molar-refractivity contribution < 1.29 is 19.1 Å². The first-order valence-electron chi connectivity index (χ1n) is 7.06. The van der Waals surface area contributed by atoms with Crippen molar-refractivity contribution in [3.05, 3.63) is 0 Å². The van der Waals surface area contributed by atoms with Crippen molar-refractivity contribution in [3.63, 3.8) is 0 Å². The van der Waals surface area contributed by atoms with Gasteiger partial charge in [-0.2, -0.15) is 0 Å². The number of Topliss-reactive ketones (excluding diaryl/α,β-unsaturated/α-hetero) is 1. The smallest absolute Gasteiger partial charge is 0.192 e. The molecular weight excluding hydrogens is 260 g/mol. The van der Waals surface area contributed by atoms with E-state index in [1.54, 1.807) is 0 Å². The minimum atomic E-state index is -1.97. The first-order chi connectivity index (χ1) is 8.55. The molecule has 1 N–H and O–H groups in total.